The van der Waals surface area contributed by atoms with Crippen molar-refractivity contribution in [3.63, 3.8) is 0 Å². The molecule has 9 heteroatoms. The zero-order valence-electron chi connectivity index (χ0n) is 20.3. The molecule has 3 unspecified atom stereocenters. The Kier molecular flexibility index (Phi) is 10.0. The topological polar surface area (TPSA) is 105 Å². The average molecular weight is 521 g/mol. The van der Waals surface area contributed by atoms with Crippen molar-refractivity contribution in [1.29, 1.82) is 0 Å². The molecule has 0 aliphatic carbocycles. The van der Waals surface area contributed by atoms with Gasteiger partial charge in [-0.25, -0.2) is 0 Å². The van der Waals surface area contributed by atoms with Crippen LogP contribution in [0.25, 0.3) is 0 Å². The quantitative estimate of drug-likeness (QED) is 0.519. The summed E-state index contributed by atoms with van der Waals surface area (Å²) in [7, 11) is 0. The van der Waals surface area contributed by atoms with Gasteiger partial charge < -0.3 is 15.2 Å². The van der Waals surface area contributed by atoms with Crippen molar-refractivity contribution in [1.82, 2.24) is 5.32 Å². The van der Waals surface area contributed by atoms with Gasteiger partial charge in [-0.15, -0.1) is 0 Å². The van der Waals surface area contributed by atoms with E-state index in [4.69, 9.17) is 37.8 Å². The van der Waals surface area contributed by atoms with Crippen molar-refractivity contribution in [3.05, 3.63) is 63.6 Å². The molecule has 3 rings (SSSR count). The predicted molar refractivity (Wildman–Crippen MR) is 138 cm³/mol. The lowest BCUT2D eigenvalue weighted by Gasteiger charge is -2.29. The number of carboxylic acids is 1. The van der Waals surface area contributed by atoms with Crippen molar-refractivity contribution in [2.75, 3.05) is 0 Å². The van der Waals surface area contributed by atoms with Crippen LogP contribution in [0, 0.1) is 5.41 Å². The number of aliphatic carboxylic acids is 1. The van der Waals surface area contributed by atoms with Gasteiger partial charge in [0.15, 0.2) is 11.9 Å². The van der Waals surface area contributed by atoms with Crippen LogP contribution >= 0.6 is 23.2 Å². The lowest BCUT2D eigenvalue weighted by molar-refractivity contribution is -0.134. The first-order chi connectivity index (χ1) is 16.3. The van der Waals surface area contributed by atoms with E-state index in [9.17, 15) is 9.59 Å². The lowest BCUT2D eigenvalue weighted by atomic mass is 9.85. The second-order valence-electron chi connectivity index (χ2n) is 9.38. The fourth-order valence-electron chi connectivity index (χ4n) is 3.60. The molecule has 0 saturated carbocycles. The Hall–Kier alpha value is -2.74. The number of nitrogens with one attached hydrogen (secondary N) is 1. The first-order valence-electron chi connectivity index (χ1n) is 11.0. The standard InChI is InChI=1S/C24H26Cl2N2O3.C2H4O2/c1-14(29)28-20(12-24(2,3)4)22(30)21-13-27-19-10-9-15(25)11-17(19)23(31-21)16-7-5-6-8-18(16)26;1-2(3)4/h5-11,13,20-21,23H,12H2,1-4H3,(H,28,29);1H3,(H,3,4). The monoisotopic (exact) mass is 520 g/mol. The SMILES string of the molecule is CC(=O)NC(CC(C)(C)C)C(=O)C1C=Nc2ccc(Cl)cc2C(c2ccccc2Cl)O1.CC(=O)O. The normalized spacial score (nSPS) is 17.8. The fraction of sp³-hybridized carbons (Fsp3) is 0.385. The molecule has 2 aromatic rings. The number of halogens is 2. The maximum absolute atomic E-state index is 13.5. The molecule has 0 radical (unpaired) electrons. The molecule has 2 N–H and O–H groups in total. The third-order valence-corrected chi connectivity index (χ3v) is 5.49. The fourth-order valence-corrected chi connectivity index (χ4v) is 4.02. The minimum absolute atomic E-state index is 0.177. The van der Waals surface area contributed by atoms with Gasteiger partial charge in [0.25, 0.3) is 5.97 Å². The van der Waals surface area contributed by atoms with E-state index in [0.29, 0.717) is 27.7 Å². The average Bonchev–Trinajstić information content (AvgIpc) is 2.91. The summed E-state index contributed by atoms with van der Waals surface area (Å²) >= 11 is 12.7. The number of carbonyl (C=O) groups excluding carboxylic acids is 2. The highest BCUT2D eigenvalue weighted by molar-refractivity contribution is 6.31. The van der Waals surface area contributed by atoms with Crippen molar-refractivity contribution in [2.45, 2.75) is 59.3 Å². The van der Waals surface area contributed by atoms with Crippen LogP contribution in [0.3, 0.4) is 0 Å². The van der Waals surface area contributed by atoms with Crippen LogP contribution in [0.2, 0.25) is 10.0 Å². The molecule has 35 heavy (non-hydrogen) atoms. The van der Waals surface area contributed by atoms with E-state index >= 15 is 0 Å². The van der Waals surface area contributed by atoms with Crippen LogP contribution < -0.4 is 5.32 Å². The number of hydrogen-bond acceptors (Lipinski definition) is 5. The molecule has 7 nitrogen and oxygen atoms in total. The summed E-state index contributed by atoms with van der Waals surface area (Å²) in [5.41, 5.74) is 1.90. The highest BCUT2D eigenvalue weighted by Crippen LogP contribution is 2.40. The molecule has 3 atom stereocenters. The first-order valence-corrected chi connectivity index (χ1v) is 11.8. The van der Waals surface area contributed by atoms with E-state index in [0.717, 1.165) is 12.5 Å². The summed E-state index contributed by atoms with van der Waals surface area (Å²) < 4.78 is 6.31. The van der Waals surface area contributed by atoms with Crippen molar-refractivity contribution in [3.8, 4) is 0 Å². The van der Waals surface area contributed by atoms with Crippen LogP contribution in [0.4, 0.5) is 5.69 Å². The van der Waals surface area contributed by atoms with E-state index < -0.39 is 24.2 Å². The minimum atomic E-state index is -0.966. The lowest BCUT2D eigenvalue weighted by Crippen LogP contribution is -2.47. The Labute approximate surface area is 215 Å². The van der Waals surface area contributed by atoms with Crippen LogP contribution in [-0.2, 0) is 19.1 Å². The van der Waals surface area contributed by atoms with Gasteiger partial charge in [0.05, 0.1) is 11.7 Å². The molecule has 1 heterocycles. The van der Waals surface area contributed by atoms with E-state index in [2.05, 4.69) is 10.3 Å². The van der Waals surface area contributed by atoms with E-state index in [-0.39, 0.29) is 17.1 Å². The third-order valence-electron chi connectivity index (χ3n) is 4.91. The number of carbonyl (C=O) groups is 3. The number of fused-ring (bicyclic) bond motifs is 1. The molecule has 0 bridgehead atoms. The zero-order valence-corrected chi connectivity index (χ0v) is 21.9. The largest absolute Gasteiger partial charge is 0.481 e. The number of nitrogens with zero attached hydrogens (tertiary/aromatic N) is 1. The Bertz CT molecular complexity index is 1110. The van der Waals surface area contributed by atoms with Crippen LogP contribution in [-0.4, -0.2) is 41.1 Å². The second kappa shape index (κ2) is 12.3. The number of benzene rings is 2. The third kappa shape index (κ3) is 8.76. The van der Waals surface area contributed by atoms with Crippen molar-refractivity contribution >= 4 is 52.8 Å². The highest BCUT2D eigenvalue weighted by atomic mass is 35.5. The van der Waals surface area contributed by atoms with Crippen molar-refractivity contribution in [2.24, 2.45) is 10.4 Å². The zero-order chi connectivity index (χ0) is 26.3. The molecule has 0 fully saturated rings. The molecule has 0 spiro atoms. The highest BCUT2D eigenvalue weighted by Gasteiger charge is 2.35. The number of carboxylic acid groups (broad SMARTS) is 1. The minimum Gasteiger partial charge on any atom is -0.481 e. The summed E-state index contributed by atoms with van der Waals surface area (Å²) in [5, 5.41) is 11.2. The Morgan fingerprint density at radius 3 is 2.29 bits per heavy atom. The summed E-state index contributed by atoms with van der Waals surface area (Å²) in [5.74, 6) is -1.37. The molecule has 188 valence electrons. The Balaban J connectivity index is 0.00000100. The molecule has 1 amide bonds. The van der Waals surface area contributed by atoms with Gasteiger partial charge in [0.2, 0.25) is 5.91 Å². The molecular weight excluding hydrogens is 491 g/mol. The predicted octanol–water partition coefficient (Wildman–Crippen LogP) is 5.78. The van der Waals surface area contributed by atoms with Gasteiger partial charge >= 0.3 is 0 Å². The number of aliphatic imine (C=N–C) groups is 1. The van der Waals surface area contributed by atoms with Gasteiger partial charge in [-0.2, -0.15) is 0 Å². The molecule has 0 saturated heterocycles. The van der Waals surface area contributed by atoms with Crippen LogP contribution in [0.1, 0.15) is 58.3 Å². The van der Waals surface area contributed by atoms with Gasteiger partial charge in [0, 0.05) is 41.2 Å². The number of ketones is 1. The first kappa shape index (κ1) is 28.5. The summed E-state index contributed by atoms with van der Waals surface area (Å²) in [6.45, 7) is 8.53. The molecule has 0 aromatic heterocycles. The van der Waals surface area contributed by atoms with E-state index in [1.165, 1.54) is 13.1 Å². The number of rotatable bonds is 5. The van der Waals surface area contributed by atoms with Crippen LogP contribution in [0.5, 0.6) is 0 Å². The number of Topliss-reactive ketones (excluding diaryl/α,β-unsaturated/α-hetero) is 1. The summed E-state index contributed by atoms with van der Waals surface area (Å²) in [4.78, 5) is 38.7. The Morgan fingerprint density at radius 1 is 1.09 bits per heavy atom. The van der Waals surface area contributed by atoms with Gasteiger partial charge in [-0.1, -0.05) is 62.2 Å². The van der Waals surface area contributed by atoms with E-state index in [1.807, 2.05) is 39.0 Å². The second-order valence-corrected chi connectivity index (χ2v) is 10.2. The van der Waals surface area contributed by atoms with E-state index in [1.54, 1.807) is 24.3 Å². The number of hydrogen-bond donors (Lipinski definition) is 2. The number of amides is 1. The molecular formula is C26H30Cl2N2O5. The van der Waals surface area contributed by atoms with Gasteiger partial charge in [-0.3, -0.25) is 19.4 Å². The molecule has 2 aromatic carbocycles. The summed E-state index contributed by atoms with van der Waals surface area (Å²) in [6.07, 6.45) is 0.344. The molecule has 1 aliphatic rings. The van der Waals surface area contributed by atoms with Gasteiger partial charge in [0.1, 0.15) is 6.10 Å². The van der Waals surface area contributed by atoms with Gasteiger partial charge in [-0.05, 0) is 36.1 Å². The molecule has 1 aliphatic heterocycles. The summed E-state index contributed by atoms with van der Waals surface area (Å²) in [6, 6.07) is 11.9. The maximum atomic E-state index is 13.5. The maximum Gasteiger partial charge on any atom is 0.300 e. The smallest absolute Gasteiger partial charge is 0.300 e. The Morgan fingerprint density at radius 2 is 1.71 bits per heavy atom. The van der Waals surface area contributed by atoms with Crippen molar-refractivity contribution < 1.29 is 24.2 Å². The van der Waals surface area contributed by atoms with Crippen LogP contribution in [0.15, 0.2) is 47.5 Å². The number of ether oxygens (including phenoxy) is 1.